The van der Waals surface area contributed by atoms with Crippen LogP contribution >= 0.6 is 0 Å². The number of carbonyl (C=O) groups is 1. The SMILES string of the molecule is Cc1cccn2c(=O)c(/C=C(/C#N)C(=O)N3CCCCC3)c(N3CC[NH+](C)CC3)nc12. The highest BCUT2D eigenvalue weighted by Crippen LogP contribution is 2.21. The first kappa shape index (κ1) is 21.1. The van der Waals surface area contributed by atoms with Crippen LogP contribution in [0.5, 0.6) is 0 Å². The summed E-state index contributed by atoms with van der Waals surface area (Å²) in [6, 6.07) is 5.78. The van der Waals surface area contributed by atoms with Crippen LogP contribution in [-0.2, 0) is 4.79 Å². The highest BCUT2D eigenvalue weighted by Gasteiger charge is 2.26. The number of aromatic nitrogens is 2. The summed E-state index contributed by atoms with van der Waals surface area (Å²) >= 11 is 0. The Morgan fingerprint density at radius 2 is 1.90 bits per heavy atom. The molecular weight excluding hydrogens is 392 g/mol. The van der Waals surface area contributed by atoms with E-state index in [2.05, 4.69) is 11.9 Å². The number of nitrogens with one attached hydrogen (secondary N) is 1. The zero-order chi connectivity index (χ0) is 22.0. The summed E-state index contributed by atoms with van der Waals surface area (Å²) in [5.41, 5.74) is 1.56. The van der Waals surface area contributed by atoms with Crippen molar-refractivity contribution in [2.75, 3.05) is 51.2 Å². The van der Waals surface area contributed by atoms with Crippen molar-refractivity contribution < 1.29 is 9.69 Å². The second kappa shape index (κ2) is 8.90. The van der Waals surface area contributed by atoms with E-state index >= 15 is 0 Å². The number of rotatable bonds is 3. The van der Waals surface area contributed by atoms with E-state index in [9.17, 15) is 14.9 Å². The molecule has 1 amide bonds. The number of fused-ring (bicyclic) bond motifs is 1. The van der Waals surface area contributed by atoms with Gasteiger partial charge in [-0.2, -0.15) is 5.26 Å². The van der Waals surface area contributed by atoms with Crippen molar-refractivity contribution in [3.63, 3.8) is 0 Å². The summed E-state index contributed by atoms with van der Waals surface area (Å²) in [6.07, 6.45) is 6.13. The highest BCUT2D eigenvalue weighted by atomic mass is 16.2. The number of hydrogen-bond donors (Lipinski definition) is 1. The molecule has 8 nitrogen and oxygen atoms in total. The minimum Gasteiger partial charge on any atom is -0.345 e. The van der Waals surface area contributed by atoms with Gasteiger partial charge in [0.1, 0.15) is 23.1 Å². The Morgan fingerprint density at radius 1 is 1.19 bits per heavy atom. The van der Waals surface area contributed by atoms with Crippen molar-refractivity contribution in [2.45, 2.75) is 26.2 Å². The standard InChI is InChI=1S/C23H28N6O2/c1-17-7-6-10-29-20(17)25-21(27-13-11-26(2)12-14-27)19(23(29)31)15-18(16-24)22(30)28-8-4-3-5-9-28/h6-7,10,15H,3-5,8-9,11-14H2,1-2H3/p+1/b18-15-. The van der Waals surface area contributed by atoms with Gasteiger partial charge in [-0.05, 0) is 43.9 Å². The van der Waals surface area contributed by atoms with Crippen LogP contribution < -0.4 is 15.4 Å². The van der Waals surface area contributed by atoms with E-state index in [1.165, 1.54) is 15.4 Å². The summed E-state index contributed by atoms with van der Waals surface area (Å²) in [5.74, 6) is 0.260. The van der Waals surface area contributed by atoms with Crippen LogP contribution in [0.15, 0.2) is 28.7 Å². The molecule has 4 heterocycles. The minimum absolute atomic E-state index is 0.00518. The van der Waals surface area contributed by atoms with E-state index in [0.29, 0.717) is 30.1 Å². The monoisotopic (exact) mass is 421 g/mol. The van der Waals surface area contributed by atoms with Gasteiger partial charge in [0.05, 0.1) is 38.8 Å². The van der Waals surface area contributed by atoms with E-state index in [4.69, 9.17) is 4.98 Å². The Balaban J connectivity index is 1.84. The van der Waals surface area contributed by atoms with Crippen LogP contribution in [0.4, 0.5) is 5.82 Å². The first-order valence-electron chi connectivity index (χ1n) is 11.0. The lowest BCUT2D eigenvalue weighted by molar-refractivity contribution is -0.880. The number of likely N-dealkylation sites (N-methyl/N-ethyl adjacent to an activating group) is 1. The van der Waals surface area contributed by atoms with Gasteiger partial charge in [-0.1, -0.05) is 6.07 Å². The molecule has 0 radical (unpaired) electrons. The van der Waals surface area contributed by atoms with Gasteiger partial charge in [-0.25, -0.2) is 4.98 Å². The van der Waals surface area contributed by atoms with Crippen LogP contribution in [0.25, 0.3) is 11.7 Å². The lowest BCUT2D eigenvalue weighted by Gasteiger charge is -2.32. The molecule has 1 N–H and O–H groups in total. The van der Waals surface area contributed by atoms with E-state index in [1.54, 1.807) is 11.1 Å². The average molecular weight is 422 g/mol. The molecule has 0 atom stereocenters. The van der Waals surface area contributed by atoms with Crippen molar-refractivity contribution in [2.24, 2.45) is 0 Å². The molecule has 2 aliphatic rings. The Labute approximate surface area is 182 Å². The van der Waals surface area contributed by atoms with E-state index in [1.807, 2.05) is 25.1 Å². The Kier molecular flexibility index (Phi) is 6.05. The Bertz CT molecular complexity index is 1120. The van der Waals surface area contributed by atoms with Gasteiger partial charge in [-0.3, -0.25) is 14.0 Å². The third kappa shape index (κ3) is 4.19. The molecule has 8 heteroatoms. The molecule has 0 unspecified atom stereocenters. The van der Waals surface area contributed by atoms with Gasteiger partial charge in [0.2, 0.25) is 0 Å². The fourth-order valence-electron chi connectivity index (χ4n) is 4.32. The van der Waals surface area contributed by atoms with Gasteiger partial charge >= 0.3 is 0 Å². The van der Waals surface area contributed by atoms with Crippen molar-refractivity contribution in [3.8, 4) is 6.07 Å². The van der Waals surface area contributed by atoms with Crippen molar-refractivity contribution in [1.82, 2.24) is 14.3 Å². The molecule has 2 saturated heterocycles. The number of hydrogen-bond acceptors (Lipinski definition) is 5. The Hall–Kier alpha value is -3.18. The third-order valence-electron chi connectivity index (χ3n) is 6.26. The number of nitriles is 1. The van der Waals surface area contributed by atoms with Crippen molar-refractivity contribution in [3.05, 3.63) is 45.4 Å². The molecule has 2 aromatic heterocycles. The number of pyridine rings is 1. The lowest BCUT2D eigenvalue weighted by atomic mass is 10.1. The van der Waals surface area contributed by atoms with Crippen LogP contribution in [0.1, 0.15) is 30.4 Å². The molecule has 2 fully saturated rings. The summed E-state index contributed by atoms with van der Waals surface area (Å²) in [4.78, 5) is 36.5. The molecule has 0 saturated carbocycles. The summed E-state index contributed by atoms with van der Waals surface area (Å²) in [7, 11) is 2.15. The fraction of sp³-hybridized carbons (Fsp3) is 0.478. The van der Waals surface area contributed by atoms with Crippen LogP contribution in [0.3, 0.4) is 0 Å². The fourth-order valence-corrected chi connectivity index (χ4v) is 4.32. The average Bonchev–Trinajstić information content (AvgIpc) is 2.80. The molecule has 2 aromatic rings. The summed E-state index contributed by atoms with van der Waals surface area (Å²) < 4.78 is 1.51. The number of piperazine rings is 1. The first-order chi connectivity index (χ1) is 15.0. The smallest absolute Gasteiger partial charge is 0.267 e. The van der Waals surface area contributed by atoms with Gasteiger partial charge in [0.15, 0.2) is 0 Å². The predicted molar refractivity (Wildman–Crippen MR) is 119 cm³/mol. The maximum atomic E-state index is 13.5. The Morgan fingerprint density at radius 3 is 2.58 bits per heavy atom. The lowest BCUT2D eigenvalue weighted by Crippen LogP contribution is -3.12. The number of amides is 1. The zero-order valence-corrected chi connectivity index (χ0v) is 18.2. The number of likely N-dealkylation sites (tertiary alicyclic amines) is 1. The molecule has 0 spiro atoms. The number of anilines is 1. The zero-order valence-electron chi connectivity index (χ0n) is 18.2. The molecular formula is C23H29N6O2+. The van der Waals surface area contributed by atoms with E-state index in [-0.39, 0.29) is 17.0 Å². The molecule has 0 bridgehead atoms. The largest absolute Gasteiger partial charge is 0.345 e. The molecule has 0 aliphatic carbocycles. The predicted octanol–water partition coefficient (Wildman–Crippen LogP) is 0.257. The van der Waals surface area contributed by atoms with Crippen molar-refractivity contribution in [1.29, 1.82) is 5.26 Å². The number of piperidine rings is 1. The molecule has 31 heavy (non-hydrogen) atoms. The van der Waals surface area contributed by atoms with Crippen LogP contribution in [0.2, 0.25) is 0 Å². The number of aryl methyl sites for hydroxylation is 1. The van der Waals surface area contributed by atoms with Crippen molar-refractivity contribution >= 4 is 23.4 Å². The number of nitrogens with zero attached hydrogens (tertiary/aromatic N) is 5. The van der Waals surface area contributed by atoms with Gasteiger partial charge in [0.25, 0.3) is 11.5 Å². The van der Waals surface area contributed by atoms with E-state index < -0.39 is 0 Å². The quantitative estimate of drug-likeness (QED) is 0.568. The number of carbonyl (C=O) groups excluding carboxylic acids is 1. The van der Waals surface area contributed by atoms with Crippen LogP contribution in [0, 0.1) is 18.3 Å². The third-order valence-corrected chi connectivity index (χ3v) is 6.26. The van der Waals surface area contributed by atoms with Gasteiger partial charge in [-0.15, -0.1) is 0 Å². The minimum atomic E-state index is -0.301. The summed E-state index contributed by atoms with van der Waals surface area (Å²) in [5, 5.41) is 9.76. The van der Waals surface area contributed by atoms with Gasteiger partial charge < -0.3 is 14.7 Å². The number of quaternary nitrogens is 1. The first-order valence-corrected chi connectivity index (χ1v) is 11.0. The van der Waals surface area contributed by atoms with Crippen LogP contribution in [-0.4, -0.2) is 66.5 Å². The molecule has 162 valence electrons. The maximum absolute atomic E-state index is 13.5. The second-order valence-electron chi connectivity index (χ2n) is 8.51. The topological polar surface area (TPSA) is 86.1 Å². The molecule has 4 rings (SSSR count). The summed E-state index contributed by atoms with van der Waals surface area (Å²) in [6.45, 7) is 6.65. The van der Waals surface area contributed by atoms with Gasteiger partial charge in [0, 0.05) is 19.3 Å². The molecule has 0 aromatic carbocycles. The highest BCUT2D eigenvalue weighted by molar-refractivity contribution is 6.02. The molecule has 2 aliphatic heterocycles. The second-order valence-corrected chi connectivity index (χ2v) is 8.51. The maximum Gasteiger partial charge on any atom is 0.267 e. The normalized spacial score (nSPS) is 18.3. The van der Waals surface area contributed by atoms with E-state index in [0.717, 1.165) is 51.0 Å².